The van der Waals surface area contributed by atoms with Crippen molar-refractivity contribution < 1.29 is 13.9 Å². The summed E-state index contributed by atoms with van der Waals surface area (Å²) >= 11 is 6.02. The van der Waals surface area contributed by atoms with Crippen LogP contribution >= 0.6 is 11.6 Å². The second-order valence-electron chi connectivity index (χ2n) is 7.11. The van der Waals surface area contributed by atoms with Crippen LogP contribution in [0.2, 0.25) is 5.02 Å². The van der Waals surface area contributed by atoms with Crippen molar-refractivity contribution in [3.63, 3.8) is 0 Å². The first-order chi connectivity index (χ1) is 14.5. The van der Waals surface area contributed by atoms with Crippen molar-refractivity contribution in [1.82, 2.24) is 14.5 Å². The Morgan fingerprint density at radius 1 is 1.23 bits per heavy atom. The molecule has 30 heavy (non-hydrogen) atoms. The van der Waals surface area contributed by atoms with Crippen LogP contribution in [0.15, 0.2) is 47.5 Å². The molecule has 0 unspecified atom stereocenters. The van der Waals surface area contributed by atoms with Gasteiger partial charge in [0.25, 0.3) is 5.56 Å². The highest BCUT2D eigenvalue weighted by Crippen LogP contribution is 2.29. The Morgan fingerprint density at radius 3 is 2.73 bits per heavy atom. The molecular weight excluding hydrogens is 411 g/mol. The Labute approximate surface area is 177 Å². The Hall–Kier alpha value is -3.13. The molecule has 3 aromatic rings. The van der Waals surface area contributed by atoms with E-state index in [4.69, 9.17) is 16.3 Å². The minimum Gasteiger partial charge on any atom is -0.495 e. The van der Waals surface area contributed by atoms with Crippen LogP contribution in [0.4, 0.5) is 14.9 Å². The van der Waals surface area contributed by atoms with Crippen molar-refractivity contribution in [1.29, 1.82) is 0 Å². The van der Waals surface area contributed by atoms with Gasteiger partial charge >= 0.3 is 6.03 Å². The predicted molar refractivity (Wildman–Crippen MR) is 113 cm³/mol. The summed E-state index contributed by atoms with van der Waals surface area (Å²) in [5.41, 5.74) is 0.634. The lowest BCUT2D eigenvalue weighted by molar-refractivity contribution is 0.182. The van der Waals surface area contributed by atoms with Crippen LogP contribution in [-0.2, 0) is 0 Å². The fourth-order valence-electron chi connectivity index (χ4n) is 3.69. The summed E-state index contributed by atoms with van der Waals surface area (Å²) in [4.78, 5) is 31.3. The molecule has 0 atom stereocenters. The molecule has 1 aliphatic rings. The van der Waals surface area contributed by atoms with Crippen LogP contribution < -0.4 is 15.6 Å². The highest BCUT2D eigenvalue weighted by atomic mass is 35.5. The maximum Gasteiger partial charge on any atom is 0.321 e. The SMILES string of the molecule is COc1ccc(Cl)cc1NC(=O)N1CCC(n2cnc3cc(F)ccc3c2=O)CC1. The number of halogens is 2. The van der Waals surface area contributed by atoms with E-state index in [0.717, 1.165) is 0 Å². The summed E-state index contributed by atoms with van der Waals surface area (Å²) in [6, 6.07) is 8.63. The van der Waals surface area contributed by atoms with E-state index in [-0.39, 0.29) is 17.6 Å². The van der Waals surface area contributed by atoms with E-state index >= 15 is 0 Å². The number of hydrogen-bond donors (Lipinski definition) is 1. The van der Waals surface area contributed by atoms with Gasteiger partial charge in [-0.25, -0.2) is 14.2 Å². The molecule has 1 fully saturated rings. The first kappa shape index (κ1) is 20.2. The molecule has 2 heterocycles. The number of urea groups is 1. The Morgan fingerprint density at radius 2 is 2.00 bits per heavy atom. The number of anilines is 1. The molecule has 0 saturated carbocycles. The average molecular weight is 431 g/mol. The number of nitrogens with one attached hydrogen (secondary N) is 1. The quantitative estimate of drug-likeness (QED) is 0.679. The molecule has 0 bridgehead atoms. The van der Waals surface area contributed by atoms with Gasteiger partial charge in [-0.05, 0) is 43.2 Å². The lowest BCUT2D eigenvalue weighted by atomic mass is 10.0. The van der Waals surface area contributed by atoms with Crippen LogP contribution in [0.5, 0.6) is 5.75 Å². The van der Waals surface area contributed by atoms with Crippen LogP contribution in [-0.4, -0.2) is 40.7 Å². The number of rotatable bonds is 3. The summed E-state index contributed by atoms with van der Waals surface area (Å²) in [5, 5.41) is 3.70. The van der Waals surface area contributed by atoms with Crippen LogP contribution in [0.1, 0.15) is 18.9 Å². The Balaban J connectivity index is 1.45. The number of carbonyl (C=O) groups is 1. The lowest BCUT2D eigenvalue weighted by Crippen LogP contribution is -2.42. The van der Waals surface area contributed by atoms with Crippen molar-refractivity contribution in [2.75, 3.05) is 25.5 Å². The standard InChI is InChI=1S/C21H20ClFN4O3/c1-30-19-5-2-13(22)10-18(19)25-21(29)26-8-6-15(7-9-26)27-12-24-17-11-14(23)3-4-16(17)20(27)28/h2-5,10-12,15H,6-9H2,1H3,(H,25,29). The fraction of sp³-hybridized carbons (Fsp3) is 0.286. The smallest absolute Gasteiger partial charge is 0.321 e. The fourth-order valence-corrected chi connectivity index (χ4v) is 3.86. The maximum atomic E-state index is 13.4. The number of carbonyl (C=O) groups excluding carboxylic acids is 1. The minimum atomic E-state index is -0.428. The van der Waals surface area contributed by atoms with Crippen molar-refractivity contribution in [2.24, 2.45) is 0 Å². The van der Waals surface area contributed by atoms with Gasteiger partial charge in [0.05, 0.1) is 30.0 Å². The molecule has 1 N–H and O–H groups in total. The molecule has 7 nitrogen and oxygen atoms in total. The number of methoxy groups -OCH3 is 1. The summed E-state index contributed by atoms with van der Waals surface area (Å²) in [6.45, 7) is 0.959. The van der Waals surface area contributed by atoms with Gasteiger partial charge in [-0.15, -0.1) is 0 Å². The normalized spacial score (nSPS) is 14.7. The third-order valence-corrected chi connectivity index (χ3v) is 5.53. The van der Waals surface area contributed by atoms with Gasteiger partial charge in [0.1, 0.15) is 11.6 Å². The van der Waals surface area contributed by atoms with E-state index in [1.54, 1.807) is 27.7 Å². The zero-order chi connectivity index (χ0) is 21.3. The molecule has 4 rings (SSSR count). The number of ether oxygens (including phenoxy) is 1. The highest BCUT2D eigenvalue weighted by Gasteiger charge is 2.25. The van der Waals surface area contributed by atoms with Gasteiger partial charge in [-0.1, -0.05) is 11.6 Å². The third-order valence-electron chi connectivity index (χ3n) is 5.29. The molecule has 2 aromatic carbocycles. The highest BCUT2D eigenvalue weighted by molar-refractivity contribution is 6.31. The van der Waals surface area contributed by atoms with Gasteiger partial charge < -0.3 is 15.0 Å². The molecule has 9 heteroatoms. The number of piperidine rings is 1. The molecule has 2 amide bonds. The molecule has 156 valence electrons. The third kappa shape index (κ3) is 3.95. The van der Waals surface area contributed by atoms with E-state index < -0.39 is 5.82 Å². The Kier molecular flexibility index (Phi) is 5.59. The van der Waals surface area contributed by atoms with Gasteiger partial charge in [0.15, 0.2) is 0 Å². The average Bonchev–Trinajstić information content (AvgIpc) is 2.74. The number of benzene rings is 2. The summed E-state index contributed by atoms with van der Waals surface area (Å²) in [5.74, 6) is 0.0932. The van der Waals surface area contributed by atoms with Crippen molar-refractivity contribution in [3.8, 4) is 5.75 Å². The van der Waals surface area contributed by atoms with E-state index in [0.29, 0.717) is 53.3 Å². The monoisotopic (exact) mass is 430 g/mol. The van der Waals surface area contributed by atoms with Crippen molar-refractivity contribution in [3.05, 3.63) is 63.9 Å². The van der Waals surface area contributed by atoms with Gasteiger partial charge in [0, 0.05) is 30.2 Å². The van der Waals surface area contributed by atoms with E-state index in [1.807, 2.05) is 0 Å². The summed E-state index contributed by atoms with van der Waals surface area (Å²) in [7, 11) is 1.52. The molecule has 1 aromatic heterocycles. The number of amides is 2. The molecule has 1 aliphatic heterocycles. The summed E-state index contributed by atoms with van der Waals surface area (Å²) in [6.07, 6.45) is 2.67. The molecular formula is C21H20ClFN4O3. The summed E-state index contributed by atoms with van der Waals surface area (Å²) < 4.78 is 20.2. The second kappa shape index (κ2) is 8.31. The number of hydrogen-bond acceptors (Lipinski definition) is 4. The second-order valence-corrected chi connectivity index (χ2v) is 7.55. The van der Waals surface area contributed by atoms with E-state index in [2.05, 4.69) is 10.3 Å². The number of aromatic nitrogens is 2. The molecule has 1 saturated heterocycles. The van der Waals surface area contributed by atoms with E-state index in [9.17, 15) is 14.0 Å². The largest absolute Gasteiger partial charge is 0.495 e. The zero-order valence-corrected chi connectivity index (χ0v) is 17.0. The van der Waals surface area contributed by atoms with Gasteiger partial charge in [-0.2, -0.15) is 0 Å². The van der Waals surface area contributed by atoms with Crippen LogP contribution in [0, 0.1) is 5.82 Å². The number of fused-ring (bicyclic) bond motifs is 1. The molecule has 0 radical (unpaired) electrons. The van der Waals surface area contributed by atoms with Crippen molar-refractivity contribution in [2.45, 2.75) is 18.9 Å². The molecule has 0 spiro atoms. The molecule has 0 aliphatic carbocycles. The Bertz CT molecular complexity index is 1160. The predicted octanol–water partition coefficient (Wildman–Crippen LogP) is 4.07. The van der Waals surface area contributed by atoms with Crippen molar-refractivity contribution >= 4 is 34.2 Å². The first-order valence-electron chi connectivity index (χ1n) is 9.52. The number of nitrogens with zero attached hydrogens (tertiary/aromatic N) is 3. The van der Waals surface area contributed by atoms with Gasteiger partial charge in [-0.3, -0.25) is 9.36 Å². The maximum absolute atomic E-state index is 13.4. The lowest BCUT2D eigenvalue weighted by Gasteiger charge is -2.33. The van der Waals surface area contributed by atoms with Crippen LogP contribution in [0.25, 0.3) is 10.9 Å². The first-order valence-corrected chi connectivity index (χ1v) is 9.90. The van der Waals surface area contributed by atoms with E-state index in [1.165, 1.54) is 31.6 Å². The van der Waals surface area contributed by atoms with Gasteiger partial charge in [0.2, 0.25) is 0 Å². The van der Waals surface area contributed by atoms with Crippen LogP contribution in [0.3, 0.4) is 0 Å². The number of likely N-dealkylation sites (tertiary alicyclic amines) is 1. The topological polar surface area (TPSA) is 76.5 Å². The minimum absolute atomic E-state index is 0.0794. The zero-order valence-electron chi connectivity index (χ0n) is 16.3.